The second-order valence-electron chi connectivity index (χ2n) is 3.92. The molecule has 0 aliphatic rings. The third-order valence-corrected chi connectivity index (χ3v) is 2.85. The zero-order valence-electron chi connectivity index (χ0n) is 10.2. The molecule has 2 aromatic rings. The second kappa shape index (κ2) is 5.66. The summed E-state index contributed by atoms with van der Waals surface area (Å²) in [6.07, 6.45) is 0.161. The van der Waals surface area contributed by atoms with Crippen molar-refractivity contribution in [2.24, 2.45) is 0 Å². The Morgan fingerprint density at radius 2 is 1.71 bits per heavy atom. The van der Waals surface area contributed by atoms with E-state index in [1.165, 1.54) is 5.39 Å². The van der Waals surface area contributed by atoms with Crippen LogP contribution in [0.2, 0.25) is 0 Å². The van der Waals surface area contributed by atoms with Crippen LogP contribution in [0.4, 0.5) is 0 Å². The number of likely N-dealkylation sites (N-methyl/N-ethyl adjacent to an activating group) is 2. The number of nitrogens with one attached hydrogen (secondary N) is 2. The molecule has 90 valence electrons. The maximum atomic E-state index is 5.84. The highest BCUT2D eigenvalue weighted by Crippen LogP contribution is 2.24. The van der Waals surface area contributed by atoms with Crippen molar-refractivity contribution in [3.8, 4) is 5.75 Å². The van der Waals surface area contributed by atoms with Crippen molar-refractivity contribution in [3.63, 3.8) is 0 Å². The van der Waals surface area contributed by atoms with Crippen LogP contribution in [0.25, 0.3) is 10.8 Å². The molecule has 0 aliphatic carbocycles. The van der Waals surface area contributed by atoms with Gasteiger partial charge < -0.3 is 15.4 Å². The summed E-state index contributed by atoms with van der Waals surface area (Å²) in [6.45, 7) is 0.598. The molecule has 2 N–H and O–H groups in total. The van der Waals surface area contributed by atoms with E-state index in [4.69, 9.17) is 4.74 Å². The average Bonchev–Trinajstić information content (AvgIpc) is 2.40. The summed E-state index contributed by atoms with van der Waals surface area (Å²) >= 11 is 0. The zero-order chi connectivity index (χ0) is 12.1. The van der Waals surface area contributed by atoms with E-state index in [1.807, 2.05) is 38.4 Å². The number of rotatable bonds is 5. The first-order valence-corrected chi connectivity index (χ1v) is 5.80. The fourth-order valence-electron chi connectivity index (χ4n) is 1.81. The van der Waals surface area contributed by atoms with Gasteiger partial charge in [0, 0.05) is 5.39 Å². The van der Waals surface area contributed by atoms with Crippen LogP contribution in [0.1, 0.15) is 0 Å². The largest absolute Gasteiger partial charge is 0.490 e. The van der Waals surface area contributed by atoms with Crippen molar-refractivity contribution in [1.82, 2.24) is 10.6 Å². The second-order valence-corrected chi connectivity index (χ2v) is 3.92. The summed E-state index contributed by atoms with van der Waals surface area (Å²) in [5.41, 5.74) is 0. The Balaban J connectivity index is 2.18. The van der Waals surface area contributed by atoms with Crippen molar-refractivity contribution in [3.05, 3.63) is 42.5 Å². The summed E-state index contributed by atoms with van der Waals surface area (Å²) in [5, 5.41) is 8.63. The molecule has 0 atom stereocenters. The molecule has 0 saturated heterocycles. The van der Waals surface area contributed by atoms with Gasteiger partial charge in [0.15, 0.2) is 0 Å². The molecule has 2 rings (SSSR count). The topological polar surface area (TPSA) is 33.3 Å². The Labute approximate surface area is 102 Å². The molecule has 2 aromatic carbocycles. The number of ether oxygens (including phenoxy) is 1. The summed E-state index contributed by atoms with van der Waals surface area (Å²) < 4.78 is 5.84. The minimum atomic E-state index is 0.161. The van der Waals surface area contributed by atoms with Gasteiger partial charge >= 0.3 is 0 Å². The van der Waals surface area contributed by atoms with E-state index < -0.39 is 0 Å². The van der Waals surface area contributed by atoms with Gasteiger partial charge in [-0.3, -0.25) is 0 Å². The average molecular weight is 230 g/mol. The monoisotopic (exact) mass is 230 g/mol. The Bertz CT molecular complexity index is 475. The minimum absolute atomic E-state index is 0.161. The Kier molecular flexibility index (Phi) is 3.96. The molecule has 0 spiro atoms. The van der Waals surface area contributed by atoms with Crippen LogP contribution >= 0.6 is 0 Å². The summed E-state index contributed by atoms with van der Waals surface area (Å²) in [4.78, 5) is 0. The van der Waals surface area contributed by atoms with Gasteiger partial charge in [-0.25, -0.2) is 0 Å². The van der Waals surface area contributed by atoms with Crippen LogP contribution in [0.5, 0.6) is 5.75 Å². The van der Waals surface area contributed by atoms with Crippen molar-refractivity contribution >= 4 is 10.8 Å². The van der Waals surface area contributed by atoms with Gasteiger partial charge in [0.25, 0.3) is 0 Å². The van der Waals surface area contributed by atoms with Gasteiger partial charge in [-0.05, 0) is 25.5 Å². The van der Waals surface area contributed by atoms with Crippen LogP contribution in [-0.2, 0) is 0 Å². The van der Waals surface area contributed by atoms with Crippen molar-refractivity contribution in [2.45, 2.75) is 6.17 Å². The normalized spacial score (nSPS) is 11.0. The van der Waals surface area contributed by atoms with Gasteiger partial charge in [0.1, 0.15) is 12.4 Å². The van der Waals surface area contributed by atoms with Gasteiger partial charge in [0.2, 0.25) is 0 Å². The lowest BCUT2D eigenvalue weighted by Gasteiger charge is -2.16. The van der Waals surface area contributed by atoms with Gasteiger partial charge in [0.05, 0.1) is 6.17 Å². The summed E-state index contributed by atoms with van der Waals surface area (Å²) in [6, 6.07) is 14.4. The number of hydrogen-bond acceptors (Lipinski definition) is 3. The first kappa shape index (κ1) is 11.9. The van der Waals surface area contributed by atoms with Gasteiger partial charge in [-0.15, -0.1) is 0 Å². The highest BCUT2D eigenvalue weighted by molar-refractivity contribution is 5.88. The SMILES string of the molecule is CNC(COc1cccc2ccccc12)NC. The van der Waals surface area contributed by atoms with E-state index in [1.54, 1.807) is 0 Å². The molecule has 0 radical (unpaired) electrons. The van der Waals surface area contributed by atoms with E-state index >= 15 is 0 Å². The van der Waals surface area contributed by atoms with Crippen molar-refractivity contribution in [2.75, 3.05) is 20.7 Å². The maximum absolute atomic E-state index is 5.84. The lowest BCUT2D eigenvalue weighted by atomic mass is 10.1. The lowest BCUT2D eigenvalue weighted by molar-refractivity contribution is 0.256. The molecule has 3 nitrogen and oxygen atoms in total. The van der Waals surface area contributed by atoms with Crippen LogP contribution in [0.3, 0.4) is 0 Å². The fourth-order valence-corrected chi connectivity index (χ4v) is 1.81. The van der Waals surface area contributed by atoms with E-state index in [2.05, 4.69) is 28.8 Å². The van der Waals surface area contributed by atoms with E-state index in [0.717, 1.165) is 11.1 Å². The molecule has 17 heavy (non-hydrogen) atoms. The molecule has 0 unspecified atom stereocenters. The molecule has 0 bridgehead atoms. The molecule has 3 heteroatoms. The first-order valence-electron chi connectivity index (χ1n) is 5.80. The summed E-state index contributed by atoms with van der Waals surface area (Å²) in [7, 11) is 3.82. The fraction of sp³-hybridized carbons (Fsp3) is 0.286. The van der Waals surface area contributed by atoms with E-state index in [0.29, 0.717) is 6.61 Å². The molecule has 0 saturated carbocycles. The third kappa shape index (κ3) is 2.75. The molecular formula is C14H18N2O. The van der Waals surface area contributed by atoms with E-state index in [9.17, 15) is 0 Å². The predicted octanol–water partition coefficient (Wildman–Crippen LogP) is 1.98. The van der Waals surface area contributed by atoms with Crippen LogP contribution in [-0.4, -0.2) is 26.9 Å². The first-order chi connectivity index (χ1) is 8.35. The maximum Gasteiger partial charge on any atom is 0.127 e. The summed E-state index contributed by atoms with van der Waals surface area (Å²) in [5.74, 6) is 0.929. The van der Waals surface area contributed by atoms with E-state index in [-0.39, 0.29) is 6.17 Å². The zero-order valence-corrected chi connectivity index (χ0v) is 10.2. The number of benzene rings is 2. The number of fused-ring (bicyclic) bond motifs is 1. The molecule has 0 amide bonds. The van der Waals surface area contributed by atoms with Crippen molar-refractivity contribution < 1.29 is 4.74 Å². The molecular weight excluding hydrogens is 212 g/mol. The Hall–Kier alpha value is -1.58. The highest BCUT2D eigenvalue weighted by atomic mass is 16.5. The van der Waals surface area contributed by atoms with Crippen molar-refractivity contribution in [1.29, 1.82) is 0 Å². The number of hydrogen-bond donors (Lipinski definition) is 2. The van der Waals surface area contributed by atoms with Crippen LogP contribution in [0.15, 0.2) is 42.5 Å². The lowest BCUT2D eigenvalue weighted by Crippen LogP contribution is -2.42. The minimum Gasteiger partial charge on any atom is -0.490 e. The molecule has 0 heterocycles. The molecule has 0 fully saturated rings. The molecule has 0 aromatic heterocycles. The Morgan fingerprint density at radius 1 is 1.00 bits per heavy atom. The molecule has 0 aliphatic heterocycles. The quantitative estimate of drug-likeness (QED) is 0.771. The smallest absolute Gasteiger partial charge is 0.127 e. The Morgan fingerprint density at radius 3 is 2.47 bits per heavy atom. The van der Waals surface area contributed by atoms with Gasteiger partial charge in [-0.2, -0.15) is 0 Å². The van der Waals surface area contributed by atoms with Crippen LogP contribution in [0, 0.1) is 0 Å². The van der Waals surface area contributed by atoms with Gasteiger partial charge in [-0.1, -0.05) is 36.4 Å². The standard InChI is InChI=1S/C14H18N2O/c1-15-14(16-2)10-17-13-9-5-7-11-6-3-4-8-12(11)13/h3-9,14-16H,10H2,1-2H3. The van der Waals surface area contributed by atoms with Crippen LogP contribution < -0.4 is 15.4 Å². The highest BCUT2D eigenvalue weighted by Gasteiger charge is 2.05. The third-order valence-electron chi connectivity index (χ3n) is 2.85. The predicted molar refractivity (Wildman–Crippen MR) is 71.4 cm³/mol.